The second kappa shape index (κ2) is 10.2. The van der Waals surface area contributed by atoms with Crippen LogP contribution in [-0.4, -0.2) is 65.3 Å². The van der Waals surface area contributed by atoms with Crippen LogP contribution in [0.2, 0.25) is 0 Å². The largest absolute Gasteiger partial charge is 0.459 e. The van der Waals surface area contributed by atoms with Crippen molar-refractivity contribution in [2.45, 2.75) is 70.3 Å². The van der Waals surface area contributed by atoms with Gasteiger partial charge in [-0.2, -0.15) is 5.26 Å². The van der Waals surface area contributed by atoms with Gasteiger partial charge in [0.2, 0.25) is 0 Å². The number of amides is 2. The Morgan fingerprint density at radius 3 is 2.47 bits per heavy atom. The highest BCUT2D eigenvalue weighted by Crippen LogP contribution is 2.41. The third kappa shape index (κ3) is 4.47. The molecule has 2 amide bonds. The molecule has 0 N–H and O–H groups in total. The van der Waals surface area contributed by atoms with E-state index in [2.05, 4.69) is 15.9 Å². The van der Waals surface area contributed by atoms with Crippen molar-refractivity contribution in [1.29, 1.82) is 5.26 Å². The molecule has 7 nitrogen and oxygen atoms in total. The van der Waals surface area contributed by atoms with Crippen molar-refractivity contribution in [2.24, 2.45) is 11.8 Å². The Bertz CT molecular complexity index is 949. The van der Waals surface area contributed by atoms with Crippen LogP contribution in [0.4, 0.5) is 0 Å². The Morgan fingerprint density at radius 2 is 1.76 bits per heavy atom. The average Bonchev–Trinajstić information content (AvgIpc) is 3.43. The zero-order valence-corrected chi connectivity index (χ0v) is 20.1. The average molecular weight is 465 g/mol. The van der Waals surface area contributed by atoms with Gasteiger partial charge in [0.1, 0.15) is 11.6 Å². The van der Waals surface area contributed by atoms with Crippen molar-refractivity contribution in [3.63, 3.8) is 0 Å². The van der Waals surface area contributed by atoms with Crippen LogP contribution >= 0.6 is 0 Å². The van der Waals surface area contributed by atoms with E-state index < -0.39 is 0 Å². The summed E-state index contributed by atoms with van der Waals surface area (Å²) in [6.45, 7) is 3.21. The van der Waals surface area contributed by atoms with E-state index in [4.69, 9.17) is 4.42 Å². The normalized spacial score (nSPS) is 26.4. The molecule has 2 atom stereocenters. The summed E-state index contributed by atoms with van der Waals surface area (Å²) in [5.41, 5.74) is 1.30. The van der Waals surface area contributed by atoms with Gasteiger partial charge in [-0.25, -0.2) is 0 Å². The number of nitrogens with zero attached hydrogens (tertiary/aromatic N) is 4. The van der Waals surface area contributed by atoms with Gasteiger partial charge in [-0.1, -0.05) is 44.9 Å². The van der Waals surface area contributed by atoms with Gasteiger partial charge >= 0.3 is 0 Å². The standard InChI is InChI=1S/C27H36N4O3/c28-19-22-25(29-14-16-30(17-15-29)27(33)24-11-6-18-34-24)21-9-4-5-10-23(21)31(26(22)32)13-12-20-7-2-1-3-8-20/h6,11,18,20-21,23H,1-5,7-10,12-17H2. The Morgan fingerprint density at radius 1 is 1.03 bits per heavy atom. The molecule has 34 heavy (non-hydrogen) atoms. The van der Waals surface area contributed by atoms with Crippen LogP contribution in [0.1, 0.15) is 74.8 Å². The lowest BCUT2D eigenvalue weighted by Gasteiger charge is -2.49. The zero-order valence-electron chi connectivity index (χ0n) is 20.1. The summed E-state index contributed by atoms with van der Waals surface area (Å²) < 4.78 is 5.28. The first-order valence-corrected chi connectivity index (χ1v) is 13.2. The van der Waals surface area contributed by atoms with Crippen molar-refractivity contribution in [3.05, 3.63) is 35.4 Å². The maximum absolute atomic E-state index is 13.6. The molecule has 2 unspecified atom stereocenters. The van der Waals surface area contributed by atoms with Crippen molar-refractivity contribution in [1.82, 2.24) is 14.7 Å². The molecule has 4 aliphatic rings. The molecule has 1 saturated heterocycles. The third-order valence-corrected chi connectivity index (χ3v) is 8.47. The molecule has 2 aliphatic carbocycles. The van der Waals surface area contributed by atoms with E-state index in [1.807, 2.05) is 0 Å². The van der Waals surface area contributed by atoms with Crippen molar-refractivity contribution >= 4 is 11.8 Å². The Hall–Kier alpha value is -2.75. The van der Waals surface area contributed by atoms with Crippen LogP contribution in [0.5, 0.6) is 0 Å². The van der Waals surface area contributed by atoms with Crippen LogP contribution in [-0.2, 0) is 4.79 Å². The van der Waals surface area contributed by atoms with Gasteiger partial charge in [-0.05, 0) is 37.3 Å². The number of carbonyl (C=O) groups is 2. The summed E-state index contributed by atoms with van der Waals surface area (Å²) in [5.74, 6) is 1.16. The third-order valence-electron chi connectivity index (χ3n) is 8.47. The monoisotopic (exact) mass is 464 g/mol. The molecule has 182 valence electrons. The highest BCUT2D eigenvalue weighted by atomic mass is 16.3. The zero-order chi connectivity index (χ0) is 23.5. The van der Waals surface area contributed by atoms with Crippen LogP contribution < -0.4 is 0 Å². The van der Waals surface area contributed by atoms with Crippen molar-refractivity contribution < 1.29 is 14.0 Å². The summed E-state index contributed by atoms with van der Waals surface area (Å²) >= 11 is 0. The molecular formula is C27H36N4O3. The molecule has 1 aromatic rings. The summed E-state index contributed by atoms with van der Waals surface area (Å²) in [5, 5.41) is 10.1. The number of furan rings is 1. The first kappa shape index (κ1) is 23.0. The van der Waals surface area contributed by atoms with Gasteiger partial charge in [0.25, 0.3) is 11.8 Å². The summed E-state index contributed by atoms with van der Waals surface area (Å²) in [6, 6.07) is 5.94. The maximum Gasteiger partial charge on any atom is 0.289 e. The van der Waals surface area contributed by atoms with Crippen molar-refractivity contribution in [3.8, 4) is 6.07 Å². The highest BCUT2D eigenvalue weighted by Gasteiger charge is 2.45. The molecule has 0 aromatic carbocycles. The number of rotatable bonds is 5. The lowest BCUT2D eigenvalue weighted by Crippen LogP contribution is -2.56. The minimum atomic E-state index is -0.0942. The Kier molecular flexibility index (Phi) is 6.94. The molecule has 0 spiro atoms. The van der Waals surface area contributed by atoms with Crippen LogP contribution in [0.25, 0.3) is 0 Å². The maximum atomic E-state index is 13.6. The van der Waals surface area contributed by atoms with E-state index in [-0.39, 0.29) is 23.8 Å². The fourth-order valence-electron chi connectivity index (χ4n) is 6.66. The number of nitriles is 1. The highest BCUT2D eigenvalue weighted by molar-refractivity contribution is 5.99. The minimum Gasteiger partial charge on any atom is -0.459 e. The molecule has 2 aliphatic heterocycles. The molecule has 3 heterocycles. The molecule has 3 fully saturated rings. The molecule has 1 aromatic heterocycles. The van der Waals surface area contributed by atoms with Crippen LogP contribution in [0.15, 0.2) is 34.1 Å². The smallest absolute Gasteiger partial charge is 0.289 e. The number of hydrogen-bond acceptors (Lipinski definition) is 5. The first-order chi connectivity index (χ1) is 16.7. The number of piperazine rings is 1. The van der Waals surface area contributed by atoms with Gasteiger partial charge < -0.3 is 19.1 Å². The van der Waals surface area contributed by atoms with Gasteiger partial charge in [0.05, 0.1) is 6.26 Å². The van der Waals surface area contributed by atoms with Crippen molar-refractivity contribution in [2.75, 3.05) is 32.7 Å². The minimum absolute atomic E-state index is 0.0643. The first-order valence-electron chi connectivity index (χ1n) is 13.2. The molecule has 7 heteroatoms. The molecule has 0 radical (unpaired) electrons. The van der Waals surface area contributed by atoms with E-state index in [9.17, 15) is 14.9 Å². The van der Waals surface area contributed by atoms with E-state index in [0.29, 0.717) is 37.5 Å². The van der Waals surface area contributed by atoms with Crippen LogP contribution in [0, 0.1) is 23.2 Å². The Labute approximate surface area is 202 Å². The lowest BCUT2D eigenvalue weighted by molar-refractivity contribution is -0.133. The fraction of sp³-hybridized carbons (Fsp3) is 0.667. The fourth-order valence-corrected chi connectivity index (χ4v) is 6.66. The SMILES string of the molecule is N#CC1=C(N2CCN(C(=O)c3ccco3)CC2)C2CCCCC2N(CCC2CCCCC2)C1=O. The van der Waals surface area contributed by atoms with E-state index in [1.165, 1.54) is 38.4 Å². The molecule has 0 bridgehead atoms. The molecule has 5 rings (SSSR count). The van der Waals surface area contributed by atoms with E-state index in [1.54, 1.807) is 17.0 Å². The molecular weight excluding hydrogens is 428 g/mol. The Balaban J connectivity index is 1.32. The molecule has 2 saturated carbocycles. The van der Waals surface area contributed by atoms with Gasteiger partial charge in [0, 0.05) is 50.4 Å². The quantitative estimate of drug-likeness (QED) is 0.653. The number of carbonyl (C=O) groups excluding carboxylic acids is 2. The predicted molar refractivity (Wildman–Crippen MR) is 127 cm³/mol. The summed E-state index contributed by atoms with van der Waals surface area (Å²) in [6.07, 6.45) is 13.5. The lowest BCUT2D eigenvalue weighted by atomic mass is 9.76. The topological polar surface area (TPSA) is 80.8 Å². The van der Waals surface area contributed by atoms with E-state index in [0.717, 1.165) is 50.3 Å². The summed E-state index contributed by atoms with van der Waals surface area (Å²) in [7, 11) is 0. The van der Waals surface area contributed by atoms with Crippen LogP contribution in [0.3, 0.4) is 0 Å². The predicted octanol–water partition coefficient (Wildman–Crippen LogP) is 4.19. The number of fused-ring (bicyclic) bond motifs is 1. The van der Waals surface area contributed by atoms with E-state index >= 15 is 0 Å². The number of hydrogen-bond donors (Lipinski definition) is 0. The van der Waals surface area contributed by atoms with Gasteiger partial charge in [-0.15, -0.1) is 0 Å². The summed E-state index contributed by atoms with van der Waals surface area (Å²) in [4.78, 5) is 32.4. The van der Waals surface area contributed by atoms with Gasteiger partial charge in [-0.3, -0.25) is 9.59 Å². The van der Waals surface area contributed by atoms with Gasteiger partial charge in [0.15, 0.2) is 5.76 Å². The second-order valence-electron chi connectivity index (χ2n) is 10.4. The second-order valence-corrected chi connectivity index (χ2v) is 10.4.